The van der Waals surface area contributed by atoms with Gasteiger partial charge in [0.15, 0.2) is 6.10 Å². The van der Waals surface area contributed by atoms with Crippen LogP contribution in [0.1, 0.15) is 34.9 Å². The molecule has 0 saturated carbocycles. The van der Waals surface area contributed by atoms with Gasteiger partial charge < -0.3 is 15.2 Å². The Morgan fingerprint density at radius 2 is 1.24 bits per heavy atom. The largest absolute Gasteiger partial charge is 0.490 e. The summed E-state index contributed by atoms with van der Waals surface area (Å²) in [7, 11) is 0. The topological polar surface area (TPSA) is 100 Å². The highest BCUT2D eigenvalue weighted by Gasteiger charge is 2.38. The SMILES string of the molecule is O=C(Nc1ccccc1)OC(C1=N[C@@H](c2ccccc2)[C@@H](c2ccccc2)N1)c1ccccc1.O=C(O)C(F)(F)F. The minimum atomic E-state index is -5.08. The number of carboxylic acid groups (broad SMARTS) is 1. The molecule has 4 aromatic carbocycles. The van der Waals surface area contributed by atoms with Gasteiger partial charge in [-0.2, -0.15) is 13.2 Å². The standard InChI is InChI=1S/C29H25N3O2.C2HF3O2/c33-29(30-24-19-11-4-12-20-24)34-27(23-17-9-3-10-18-23)28-31-25(21-13-5-1-6-14-21)26(32-28)22-15-7-2-8-16-22;3-2(4,5)1(6)7/h1-20,25-27H,(H,30,33)(H,31,32);(H,6,7)/t25-,26+,27?;. The van der Waals surface area contributed by atoms with Crippen molar-refractivity contribution in [2.24, 2.45) is 4.99 Å². The minimum absolute atomic E-state index is 0.0782. The Bertz CT molecular complexity index is 1450. The van der Waals surface area contributed by atoms with Crippen LogP contribution in [0.25, 0.3) is 0 Å². The molecule has 10 heteroatoms. The maximum absolute atomic E-state index is 12.8. The number of nitrogens with zero attached hydrogens (tertiary/aromatic N) is 1. The van der Waals surface area contributed by atoms with E-state index in [-0.39, 0.29) is 12.1 Å². The van der Waals surface area contributed by atoms with E-state index >= 15 is 0 Å². The zero-order valence-corrected chi connectivity index (χ0v) is 21.5. The summed E-state index contributed by atoms with van der Waals surface area (Å²) < 4.78 is 37.7. The first-order valence-electron chi connectivity index (χ1n) is 12.5. The van der Waals surface area contributed by atoms with Crippen LogP contribution < -0.4 is 10.6 Å². The zero-order chi connectivity index (χ0) is 29.2. The molecule has 41 heavy (non-hydrogen) atoms. The number of rotatable bonds is 6. The van der Waals surface area contributed by atoms with E-state index in [0.29, 0.717) is 11.5 Å². The van der Waals surface area contributed by atoms with Gasteiger partial charge in [0.1, 0.15) is 11.9 Å². The highest BCUT2D eigenvalue weighted by molar-refractivity contribution is 5.93. The Morgan fingerprint density at radius 3 is 1.76 bits per heavy atom. The molecule has 1 unspecified atom stereocenters. The number of nitrogens with one attached hydrogen (secondary N) is 2. The number of alkyl halides is 3. The van der Waals surface area contributed by atoms with Crippen molar-refractivity contribution in [1.82, 2.24) is 5.32 Å². The van der Waals surface area contributed by atoms with E-state index in [1.54, 1.807) is 0 Å². The summed E-state index contributed by atoms with van der Waals surface area (Å²) in [6.45, 7) is 0. The van der Waals surface area contributed by atoms with Gasteiger partial charge >= 0.3 is 18.2 Å². The smallest absolute Gasteiger partial charge is 0.475 e. The molecule has 1 aliphatic heterocycles. The van der Waals surface area contributed by atoms with E-state index in [4.69, 9.17) is 19.6 Å². The van der Waals surface area contributed by atoms with Crippen molar-refractivity contribution in [2.45, 2.75) is 24.4 Å². The van der Waals surface area contributed by atoms with Crippen LogP contribution in [0, 0.1) is 0 Å². The molecule has 0 spiro atoms. The lowest BCUT2D eigenvalue weighted by Crippen LogP contribution is -2.32. The van der Waals surface area contributed by atoms with Crippen molar-refractivity contribution in [2.75, 3.05) is 5.32 Å². The normalized spacial score (nSPS) is 16.7. The van der Waals surface area contributed by atoms with Crippen LogP contribution in [0.3, 0.4) is 0 Å². The Hall–Kier alpha value is -5.12. The molecule has 7 nitrogen and oxygen atoms in total. The molecule has 3 N–H and O–H groups in total. The number of hydrogen-bond acceptors (Lipinski definition) is 5. The van der Waals surface area contributed by atoms with Crippen molar-refractivity contribution in [3.63, 3.8) is 0 Å². The number of aliphatic imine (C=N–C) groups is 1. The Kier molecular flexibility index (Phi) is 9.36. The predicted molar refractivity (Wildman–Crippen MR) is 148 cm³/mol. The van der Waals surface area contributed by atoms with Crippen molar-refractivity contribution in [3.8, 4) is 0 Å². The van der Waals surface area contributed by atoms with Crippen molar-refractivity contribution >= 4 is 23.6 Å². The van der Waals surface area contributed by atoms with E-state index in [9.17, 15) is 18.0 Å². The quantitative estimate of drug-likeness (QED) is 0.233. The maximum Gasteiger partial charge on any atom is 0.490 e. The molecule has 0 bridgehead atoms. The van der Waals surface area contributed by atoms with Crippen LogP contribution in [0.2, 0.25) is 0 Å². The number of ether oxygens (including phenoxy) is 1. The summed E-state index contributed by atoms with van der Waals surface area (Å²) in [4.78, 5) is 26.8. The zero-order valence-electron chi connectivity index (χ0n) is 21.5. The lowest BCUT2D eigenvalue weighted by atomic mass is 9.95. The second-order valence-corrected chi connectivity index (χ2v) is 8.89. The van der Waals surface area contributed by atoms with E-state index in [1.165, 1.54) is 0 Å². The second-order valence-electron chi connectivity index (χ2n) is 8.89. The Morgan fingerprint density at radius 1 is 0.780 bits per heavy atom. The summed E-state index contributed by atoms with van der Waals surface area (Å²) in [6.07, 6.45) is -6.30. The monoisotopic (exact) mass is 561 g/mol. The van der Waals surface area contributed by atoms with Gasteiger partial charge in [0.2, 0.25) is 0 Å². The maximum atomic E-state index is 12.8. The first-order valence-corrected chi connectivity index (χ1v) is 12.5. The van der Waals surface area contributed by atoms with Crippen LogP contribution in [0.4, 0.5) is 23.7 Å². The van der Waals surface area contributed by atoms with Gasteiger partial charge in [-0.05, 0) is 23.3 Å². The molecular formula is C31H26F3N3O4. The van der Waals surface area contributed by atoms with Crippen LogP contribution in [0.15, 0.2) is 126 Å². The molecule has 0 radical (unpaired) electrons. The number of amides is 1. The number of aliphatic carboxylic acids is 1. The summed E-state index contributed by atoms with van der Waals surface area (Å²) >= 11 is 0. The highest BCUT2D eigenvalue weighted by atomic mass is 19.4. The number of halogens is 3. The number of benzene rings is 4. The van der Waals surface area contributed by atoms with Crippen molar-refractivity contribution in [1.29, 1.82) is 0 Å². The van der Waals surface area contributed by atoms with E-state index in [0.717, 1.165) is 16.7 Å². The first-order chi connectivity index (χ1) is 19.7. The molecule has 4 aromatic rings. The number of amidine groups is 1. The summed E-state index contributed by atoms with van der Waals surface area (Å²) in [6, 6.07) is 39.1. The van der Waals surface area contributed by atoms with Crippen molar-refractivity contribution in [3.05, 3.63) is 138 Å². The minimum Gasteiger partial charge on any atom is -0.475 e. The molecule has 3 atom stereocenters. The fourth-order valence-electron chi connectivity index (χ4n) is 4.17. The number of hydrogen-bond donors (Lipinski definition) is 3. The number of carbonyl (C=O) groups excluding carboxylic acids is 1. The van der Waals surface area contributed by atoms with Crippen LogP contribution in [-0.4, -0.2) is 29.2 Å². The van der Waals surface area contributed by atoms with Crippen LogP contribution in [0.5, 0.6) is 0 Å². The van der Waals surface area contributed by atoms with Gasteiger partial charge in [-0.1, -0.05) is 109 Å². The van der Waals surface area contributed by atoms with E-state index in [2.05, 4.69) is 34.9 Å². The van der Waals surface area contributed by atoms with E-state index < -0.39 is 24.3 Å². The molecule has 210 valence electrons. The fraction of sp³-hybridized carbons (Fsp3) is 0.129. The molecule has 1 amide bonds. The average Bonchev–Trinajstić information content (AvgIpc) is 3.43. The highest BCUT2D eigenvalue weighted by Crippen LogP contribution is 2.38. The fourth-order valence-corrected chi connectivity index (χ4v) is 4.17. The third-order valence-corrected chi connectivity index (χ3v) is 6.04. The number of carboxylic acids is 1. The molecule has 0 aliphatic carbocycles. The predicted octanol–water partition coefficient (Wildman–Crippen LogP) is 7.09. The van der Waals surface area contributed by atoms with Gasteiger partial charge in [-0.15, -0.1) is 0 Å². The van der Waals surface area contributed by atoms with Crippen LogP contribution >= 0.6 is 0 Å². The molecule has 0 aromatic heterocycles. The Labute approximate surface area is 234 Å². The molecule has 5 rings (SSSR count). The van der Waals surface area contributed by atoms with Gasteiger partial charge in [0.05, 0.1) is 6.04 Å². The summed E-state index contributed by atoms with van der Waals surface area (Å²) in [5.74, 6) is -2.13. The third-order valence-electron chi connectivity index (χ3n) is 6.04. The van der Waals surface area contributed by atoms with E-state index in [1.807, 2.05) is 97.1 Å². The Balaban J connectivity index is 0.000000493. The van der Waals surface area contributed by atoms with Crippen LogP contribution in [-0.2, 0) is 9.53 Å². The molecule has 1 heterocycles. The molecule has 1 aliphatic rings. The molecule has 0 saturated heterocycles. The van der Waals surface area contributed by atoms with Gasteiger partial charge in [0, 0.05) is 11.3 Å². The second kappa shape index (κ2) is 13.3. The number of para-hydroxylation sites is 1. The molecule has 0 fully saturated rings. The lowest BCUT2D eigenvalue weighted by molar-refractivity contribution is -0.192. The third kappa shape index (κ3) is 7.95. The van der Waals surface area contributed by atoms with Crippen molar-refractivity contribution < 1.29 is 32.6 Å². The summed E-state index contributed by atoms with van der Waals surface area (Å²) in [5.41, 5.74) is 3.73. The average molecular weight is 562 g/mol. The van der Waals surface area contributed by atoms with Gasteiger partial charge in [-0.25, -0.2) is 9.59 Å². The van der Waals surface area contributed by atoms with Gasteiger partial charge in [0.25, 0.3) is 0 Å². The lowest BCUT2D eigenvalue weighted by Gasteiger charge is -2.22. The first kappa shape index (κ1) is 28.9. The molecular weight excluding hydrogens is 535 g/mol. The number of anilines is 1. The number of carbonyl (C=O) groups is 2. The van der Waals surface area contributed by atoms with Gasteiger partial charge in [-0.3, -0.25) is 10.3 Å². The summed E-state index contributed by atoms with van der Waals surface area (Å²) in [5, 5.41) is 13.5.